The maximum absolute atomic E-state index is 13.1. The van der Waals surface area contributed by atoms with Gasteiger partial charge in [-0.15, -0.1) is 0 Å². The number of aromatic nitrogens is 4. The predicted molar refractivity (Wildman–Crippen MR) is 104 cm³/mol. The number of piperidine rings is 1. The van der Waals surface area contributed by atoms with Crippen molar-refractivity contribution in [3.8, 4) is 11.4 Å². The fourth-order valence-electron chi connectivity index (χ4n) is 3.49. The van der Waals surface area contributed by atoms with Gasteiger partial charge in [0, 0.05) is 44.3 Å². The van der Waals surface area contributed by atoms with Gasteiger partial charge in [-0.05, 0) is 55.7 Å². The molecule has 0 amide bonds. The molecule has 0 unspecified atom stereocenters. The molecule has 6 nitrogen and oxygen atoms in total. The zero-order valence-electron chi connectivity index (χ0n) is 15.6. The molecule has 1 aliphatic heterocycles. The first kappa shape index (κ1) is 17.5. The third-order valence-corrected chi connectivity index (χ3v) is 5.06. The Labute approximate surface area is 158 Å². The van der Waals surface area contributed by atoms with Crippen molar-refractivity contribution >= 4 is 11.6 Å². The second-order valence-electron chi connectivity index (χ2n) is 6.95. The first-order chi connectivity index (χ1) is 13.1. The second kappa shape index (κ2) is 7.34. The number of aryl methyl sites for hydroxylation is 2. The molecule has 3 aromatic rings. The van der Waals surface area contributed by atoms with Crippen LogP contribution in [0.3, 0.4) is 0 Å². The van der Waals surface area contributed by atoms with Crippen molar-refractivity contribution < 1.29 is 4.39 Å². The standard InChI is InChI=1S/C20H23FN6/c1-14-13-22-20(25-19(14)18-7-10-23-26(18)2)24-16-8-11-27(12-9-16)17-5-3-15(21)4-6-17/h3-7,10,13,16H,8-9,11-12H2,1-2H3,(H,22,24,25). The molecule has 1 saturated heterocycles. The summed E-state index contributed by atoms with van der Waals surface area (Å²) in [6, 6.07) is 8.99. The minimum atomic E-state index is -0.198. The molecule has 7 heteroatoms. The number of benzene rings is 1. The van der Waals surface area contributed by atoms with E-state index in [4.69, 9.17) is 4.98 Å². The normalized spacial score (nSPS) is 15.1. The summed E-state index contributed by atoms with van der Waals surface area (Å²) in [6.07, 6.45) is 5.59. The van der Waals surface area contributed by atoms with Crippen molar-refractivity contribution in [1.29, 1.82) is 0 Å². The fraction of sp³-hybridized carbons (Fsp3) is 0.350. The van der Waals surface area contributed by atoms with Crippen molar-refractivity contribution in [3.63, 3.8) is 0 Å². The van der Waals surface area contributed by atoms with Crippen LogP contribution in [0.25, 0.3) is 11.4 Å². The largest absolute Gasteiger partial charge is 0.371 e. The number of rotatable bonds is 4. The highest BCUT2D eigenvalue weighted by atomic mass is 19.1. The van der Waals surface area contributed by atoms with Crippen LogP contribution in [0.15, 0.2) is 42.7 Å². The number of halogens is 1. The van der Waals surface area contributed by atoms with E-state index in [1.807, 2.05) is 43.0 Å². The lowest BCUT2D eigenvalue weighted by Gasteiger charge is -2.34. The molecule has 1 fully saturated rings. The third kappa shape index (κ3) is 3.77. The first-order valence-corrected chi connectivity index (χ1v) is 9.19. The van der Waals surface area contributed by atoms with E-state index < -0.39 is 0 Å². The highest BCUT2D eigenvalue weighted by molar-refractivity contribution is 5.59. The molecular weight excluding hydrogens is 343 g/mol. The van der Waals surface area contributed by atoms with Crippen LogP contribution in [-0.4, -0.2) is 38.9 Å². The summed E-state index contributed by atoms with van der Waals surface area (Å²) in [5.41, 5.74) is 3.97. The topological polar surface area (TPSA) is 58.9 Å². The smallest absolute Gasteiger partial charge is 0.223 e. The molecule has 0 aliphatic carbocycles. The highest BCUT2D eigenvalue weighted by Gasteiger charge is 2.20. The van der Waals surface area contributed by atoms with Crippen LogP contribution in [0.5, 0.6) is 0 Å². The van der Waals surface area contributed by atoms with Gasteiger partial charge >= 0.3 is 0 Å². The zero-order chi connectivity index (χ0) is 18.8. The van der Waals surface area contributed by atoms with Crippen LogP contribution >= 0.6 is 0 Å². The van der Waals surface area contributed by atoms with Gasteiger partial charge in [0.1, 0.15) is 5.82 Å². The maximum atomic E-state index is 13.1. The van der Waals surface area contributed by atoms with Gasteiger partial charge in [-0.1, -0.05) is 0 Å². The van der Waals surface area contributed by atoms with E-state index in [9.17, 15) is 4.39 Å². The summed E-state index contributed by atoms with van der Waals surface area (Å²) >= 11 is 0. The van der Waals surface area contributed by atoms with Crippen LogP contribution in [0.2, 0.25) is 0 Å². The van der Waals surface area contributed by atoms with Crippen LogP contribution in [0.4, 0.5) is 16.0 Å². The average molecular weight is 366 g/mol. The van der Waals surface area contributed by atoms with Gasteiger partial charge in [-0.25, -0.2) is 14.4 Å². The molecule has 2 aromatic heterocycles. The molecule has 1 N–H and O–H groups in total. The van der Waals surface area contributed by atoms with Crippen LogP contribution in [0, 0.1) is 12.7 Å². The highest BCUT2D eigenvalue weighted by Crippen LogP contribution is 2.24. The Kier molecular flexibility index (Phi) is 4.75. The summed E-state index contributed by atoms with van der Waals surface area (Å²) in [5.74, 6) is 0.452. The van der Waals surface area contributed by atoms with Gasteiger partial charge in [0.05, 0.1) is 11.4 Å². The van der Waals surface area contributed by atoms with Crippen molar-refractivity contribution in [2.45, 2.75) is 25.8 Å². The van der Waals surface area contributed by atoms with Gasteiger partial charge in [0.2, 0.25) is 5.95 Å². The van der Waals surface area contributed by atoms with Gasteiger partial charge in [-0.2, -0.15) is 5.10 Å². The van der Waals surface area contributed by atoms with E-state index in [1.165, 1.54) is 12.1 Å². The first-order valence-electron chi connectivity index (χ1n) is 9.19. The van der Waals surface area contributed by atoms with Gasteiger partial charge in [0.25, 0.3) is 0 Å². The summed E-state index contributed by atoms with van der Waals surface area (Å²) in [5, 5.41) is 7.70. The Morgan fingerprint density at radius 3 is 2.52 bits per heavy atom. The quantitative estimate of drug-likeness (QED) is 0.767. The molecule has 0 spiro atoms. The number of nitrogens with one attached hydrogen (secondary N) is 1. The number of anilines is 2. The van der Waals surface area contributed by atoms with Crippen molar-refractivity contribution in [2.24, 2.45) is 7.05 Å². The number of nitrogens with zero attached hydrogens (tertiary/aromatic N) is 5. The monoisotopic (exact) mass is 366 g/mol. The average Bonchev–Trinajstić information content (AvgIpc) is 3.10. The van der Waals surface area contributed by atoms with E-state index in [0.717, 1.165) is 48.6 Å². The molecule has 0 atom stereocenters. The lowest BCUT2D eigenvalue weighted by atomic mass is 10.0. The van der Waals surface area contributed by atoms with Crippen molar-refractivity contribution in [3.05, 3.63) is 54.1 Å². The SMILES string of the molecule is Cc1cnc(NC2CCN(c3ccc(F)cc3)CC2)nc1-c1ccnn1C. The van der Waals surface area contributed by atoms with Gasteiger partial charge in [0.15, 0.2) is 0 Å². The number of hydrogen-bond donors (Lipinski definition) is 1. The third-order valence-electron chi connectivity index (χ3n) is 5.06. The molecule has 0 saturated carbocycles. The van der Waals surface area contributed by atoms with Gasteiger partial charge in [-0.3, -0.25) is 4.68 Å². The minimum Gasteiger partial charge on any atom is -0.371 e. The zero-order valence-corrected chi connectivity index (χ0v) is 15.6. The van der Waals surface area contributed by atoms with Crippen LogP contribution < -0.4 is 10.2 Å². The Morgan fingerprint density at radius 1 is 1.11 bits per heavy atom. The lowest BCUT2D eigenvalue weighted by molar-refractivity contribution is 0.523. The van der Waals surface area contributed by atoms with E-state index in [0.29, 0.717) is 12.0 Å². The van der Waals surface area contributed by atoms with E-state index in [2.05, 4.69) is 20.3 Å². The number of hydrogen-bond acceptors (Lipinski definition) is 5. The lowest BCUT2D eigenvalue weighted by Crippen LogP contribution is -2.39. The van der Waals surface area contributed by atoms with Gasteiger partial charge < -0.3 is 10.2 Å². The summed E-state index contributed by atoms with van der Waals surface area (Å²) < 4.78 is 14.9. The molecule has 0 bridgehead atoms. The molecular formula is C20H23FN6. The molecule has 1 aromatic carbocycles. The van der Waals surface area contributed by atoms with Crippen molar-refractivity contribution in [1.82, 2.24) is 19.7 Å². The molecule has 3 heterocycles. The summed E-state index contributed by atoms with van der Waals surface area (Å²) in [6.45, 7) is 3.85. The minimum absolute atomic E-state index is 0.198. The van der Waals surface area contributed by atoms with E-state index in [-0.39, 0.29) is 5.82 Å². The predicted octanol–water partition coefficient (Wildman–Crippen LogP) is 3.41. The van der Waals surface area contributed by atoms with E-state index in [1.54, 1.807) is 6.20 Å². The molecule has 27 heavy (non-hydrogen) atoms. The molecule has 1 aliphatic rings. The fourth-order valence-corrected chi connectivity index (χ4v) is 3.49. The summed E-state index contributed by atoms with van der Waals surface area (Å²) in [4.78, 5) is 11.5. The maximum Gasteiger partial charge on any atom is 0.223 e. The van der Waals surface area contributed by atoms with Crippen LogP contribution in [0.1, 0.15) is 18.4 Å². The summed E-state index contributed by atoms with van der Waals surface area (Å²) in [7, 11) is 1.91. The Bertz CT molecular complexity index is 912. The Balaban J connectivity index is 1.42. The van der Waals surface area contributed by atoms with E-state index >= 15 is 0 Å². The van der Waals surface area contributed by atoms with Crippen molar-refractivity contribution in [2.75, 3.05) is 23.3 Å². The molecule has 4 rings (SSSR count). The second-order valence-corrected chi connectivity index (χ2v) is 6.95. The Hall–Kier alpha value is -2.96. The molecule has 140 valence electrons. The Morgan fingerprint density at radius 2 is 1.85 bits per heavy atom. The van der Waals surface area contributed by atoms with Crippen LogP contribution in [-0.2, 0) is 7.05 Å². The molecule has 0 radical (unpaired) electrons.